The molecule has 0 unspecified atom stereocenters. The third-order valence-corrected chi connectivity index (χ3v) is 4.54. The number of urea groups is 1. The lowest BCUT2D eigenvalue weighted by molar-refractivity contribution is -0.117. The van der Waals surface area contributed by atoms with Crippen LogP contribution in [0.3, 0.4) is 0 Å². The Morgan fingerprint density at radius 1 is 1.15 bits per heavy atom. The molecule has 27 heavy (non-hydrogen) atoms. The van der Waals surface area contributed by atoms with Crippen molar-refractivity contribution in [3.8, 4) is 5.75 Å². The molecule has 2 aromatic carbocycles. The van der Waals surface area contributed by atoms with Crippen molar-refractivity contribution in [3.05, 3.63) is 54.6 Å². The lowest BCUT2D eigenvalue weighted by Crippen LogP contribution is -2.46. The van der Waals surface area contributed by atoms with Gasteiger partial charge in [-0.2, -0.15) is 0 Å². The average molecular weight is 367 g/mol. The third-order valence-electron chi connectivity index (χ3n) is 4.54. The molecular weight excluding hydrogens is 342 g/mol. The van der Waals surface area contributed by atoms with Crippen molar-refractivity contribution in [2.45, 2.75) is 26.3 Å². The Labute approximate surface area is 159 Å². The second-order valence-electron chi connectivity index (χ2n) is 6.36. The number of carbonyl (C=O) groups excluding carboxylic acids is 2. The predicted molar refractivity (Wildman–Crippen MR) is 106 cm³/mol. The largest absolute Gasteiger partial charge is 0.494 e. The molecule has 1 atom stereocenters. The number of benzene rings is 2. The van der Waals surface area contributed by atoms with Crippen molar-refractivity contribution in [2.75, 3.05) is 29.5 Å². The molecule has 0 spiro atoms. The summed E-state index contributed by atoms with van der Waals surface area (Å²) in [5.74, 6) is 0.799. The van der Waals surface area contributed by atoms with Gasteiger partial charge in [0.2, 0.25) is 5.91 Å². The summed E-state index contributed by atoms with van der Waals surface area (Å²) >= 11 is 0. The molecular formula is C21H25N3O3. The fourth-order valence-electron chi connectivity index (χ4n) is 3.25. The molecule has 1 heterocycles. The minimum absolute atomic E-state index is 0.0237. The van der Waals surface area contributed by atoms with Gasteiger partial charge in [-0.3, -0.25) is 9.69 Å². The van der Waals surface area contributed by atoms with Crippen LogP contribution in [-0.2, 0) is 4.79 Å². The number of anilines is 2. The number of nitrogens with one attached hydrogen (secondary N) is 1. The zero-order valence-electron chi connectivity index (χ0n) is 15.7. The first-order chi connectivity index (χ1) is 13.1. The maximum atomic E-state index is 12.7. The van der Waals surface area contributed by atoms with Gasteiger partial charge in [0.25, 0.3) is 0 Å². The highest BCUT2D eigenvalue weighted by Crippen LogP contribution is 2.23. The Hall–Kier alpha value is -3.02. The normalized spacial score (nSPS) is 16.3. The SMILES string of the molecule is CCOc1ccc(N(CC)C(=O)N[C@@H]2CC(=O)N(c3ccccc3)C2)cc1. The second kappa shape index (κ2) is 8.58. The lowest BCUT2D eigenvalue weighted by atomic mass is 10.2. The Morgan fingerprint density at radius 3 is 2.48 bits per heavy atom. The van der Waals surface area contributed by atoms with Gasteiger partial charge in [-0.1, -0.05) is 18.2 Å². The van der Waals surface area contributed by atoms with E-state index in [1.807, 2.05) is 68.4 Å². The molecule has 3 amide bonds. The summed E-state index contributed by atoms with van der Waals surface area (Å²) in [6.07, 6.45) is 0.307. The third kappa shape index (κ3) is 4.39. The number of para-hydroxylation sites is 1. The summed E-state index contributed by atoms with van der Waals surface area (Å²) in [7, 11) is 0. The van der Waals surface area contributed by atoms with E-state index < -0.39 is 0 Å². The van der Waals surface area contributed by atoms with Gasteiger partial charge >= 0.3 is 6.03 Å². The van der Waals surface area contributed by atoms with Gasteiger partial charge in [-0.25, -0.2) is 4.79 Å². The van der Waals surface area contributed by atoms with Crippen molar-refractivity contribution >= 4 is 23.3 Å². The van der Waals surface area contributed by atoms with Crippen LogP contribution >= 0.6 is 0 Å². The summed E-state index contributed by atoms with van der Waals surface area (Å²) < 4.78 is 5.45. The van der Waals surface area contributed by atoms with Crippen LogP contribution in [0.1, 0.15) is 20.3 Å². The van der Waals surface area contributed by atoms with Gasteiger partial charge in [0, 0.05) is 30.9 Å². The van der Waals surface area contributed by atoms with Crippen molar-refractivity contribution in [2.24, 2.45) is 0 Å². The van der Waals surface area contributed by atoms with Gasteiger partial charge in [0.1, 0.15) is 5.75 Å². The standard InChI is InChI=1S/C21H25N3O3/c1-3-23(18-10-12-19(13-11-18)27-4-2)21(26)22-16-14-20(25)24(15-16)17-8-6-5-7-9-17/h5-13,16H,3-4,14-15H2,1-2H3,(H,22,26)/t16-/m1/s1. The fourth-order valence-corrected chi connectivity index (χ4v) is 3.25. The maximum absolute atomic E-state index is 12.7. The van der Waals surface area contributed by atoms with E-state index in [1.165, 1.54) is 0 Å². The van der Waals surface area contributed by atoms with E-state index in [2.05, 4.69) is 5.32 Å². The van der Waals surface area contributed by atoms with E-state index in [-0.39, 0.29) is 18.0 Å². The van der Waals surface area contributed by atoms with Gasteiger partial charge in [0.15, 0.2) is 0 Å². The van der Waals surface area contributed by atoms with Gasteiger partial charge < -0.3 is 15.0 Å². The van der Waals surface area contributed by atoms with Gasteiger partial charge in [-0.15, -0.1) is 0 Å². The number of carbonyl (C=O) groups is 2. The molecule has 1 aliphatic heterocycles. The Balaban J connectivity index is 1.64. The fraction of sp³-hybridized carbons (Fsp3) is 0.333. The quantitative estimate of drug-likeness (QED) is 0.851. The molecule has 142 valence electrons. The molecule has 2 aromatic rings. The van der Waals surface area contributed by atoms with Crippen molar-refractivity contribution in [3.63, 3.8) is 0 Å². The zero-order valence-corrected chi connectivity index (χ0v) is 15.7. The highest BCUT2D eigenvalue weighted by Gasteiger charge is 2.32. The molecule has 1 aliphatic rings. The first kappa shape index (κ1) is 18.8. The molecule has 6 heteroatoms. The van der Waals surface area contributed by atoms with Crippen LogP contribution in [0.5, 0.6) is 5.75 Å². The number of hydrogen-bond acceptors (Lipinski definition) is 3. The Morgan fingerprint density at radius 2 is 1.85 bits per heavy atom. The molecule has 0 bridgehead atoms. The zero-order chi connectivity index (χ0) is 19.2. The Kier molecular flexibility index (Phi) is 5.96. The molecule has 3 rings (SSSR count). The van der Waals surface area contributed by atoms with Crippen molar-refractivity contribution in [1.82, 2.24) is 5.32 Å². The van der Waals surface area contributed by atoms with E-state index in [9.17, 15) is 9.59 Å². The van der Waals surface area contributed by atoms with Crippen LogP contribution in [0.15, 0.2) is 54.6 Å². The number of amides is 3. The topological polar surface area (TPSA) is 61.9 Å². The van der Waals surface area contributed by atoms with Gasteiger partial charge in [0.05, 0.1) is 12.6 Å². The summed E-state index contributed by atoms with van der Waals surface area (Å²) in [6.45, 7) is 5.47. The monoisotopic (exact) mass is 367 g/mol. The number of hydrogen-bond donors (Lipinski definition) is 1. The molecule has 6 nitrogen and oxygen atoms in total. The summed E-state index contributed by atoms with van der Waals surface area (Å²) in [5.41, 5.74) is 1.65. The summed E-state index contributed by atoms with van der Waals surface area (Å²) in [4.78, 5) is 28.4. The van der Waals surface area contributed by atoms with E-state index in [0.717, 1.165) is 17.1 Å². The van der Waals surface area contributed by atoms with Crippen LogP contribution in [-0.4, -0.2) is 37.7 Å². The second-order valence-corrected chi connectivity index (χ2v) is 6.36. The molecule has 0 radical (unpaired) electrons. The average Bonchev–Trinajstić information content (AvgIpc) is 3.04. The Bertz CT molecular complexity index is 777. The lowest BCUT2D eigenvalue weighted by Gasteiger charge is -2.24. The molecule has 0 aliphatic carbocycles. The molecule has 0 aromatic heterocycles. The molecule has 1 N–H and O–H groups in total. The molecule has 0 saturated carbocycles. The number of ether oxygens (including phenoxy) is 1. The van der Waals surface area contributed by atoms with E-state index in [1.54, 1.807) is 9.80 Å². The molecule has 1 saturated heterocycles. The number of rotatable bonds is 6. The summed E-state index contributed by atoms with van der Waals surface area (Å²) in [6, 6.07) is 16.6. The highest BCUT2D eigenvalue weighted by molar-refractivity contribution is 5.98. The van der Waals surface area contributed by atoms with Crippen LogP contribution in [0, 0.1) is 0 Å². The van der Waals surface area contributed by atoms with Crippen LogP contribution in [0.4, 0.5) is 16.2 Å². The van der Waals surface area contributed by atoms with Crippen LogP contribution in [0.2, 0.25) is 0 Å². The minimum Gasteiger partial charge on any atom is -0.494 e. The minimum atomic E-state index is -0.207. The van der Waals surface area contributed by atoms with Crippen molar-refractivity contribution in [1.29, 1.82) is 0 Å². The van der Waals surface area contributed by atoms with Gasteiger partial charge in [-0.05, 0) is 50.2 Å². The predicted octanol–water partition coefficient (Wildman–Crippen LogP) is 3.43. The van der Waals surface area contributed by atoms with Crippen LogP contribution < -0.4 is 19.9 Å². The van der Waals surface area contributed by atoms with E-state index in [0.29, 0.717) is 26.1 Å². The first-order valence-electron chi connectivity index (χ1n) is 9.28. The first-order valence-corrected chi connectivity index (χ1v) is 9.28. The smallest absolute Gasteiger partial charge is 0.322 e. The number of nitrogens with zero attached hydrogens (tertiary/aromatic N) is 2. The maximum Gasteiger partial charge on any atom is 0.322 e. The van der Waals surface area contributed by atoms with Crippen LogP contribution in [0.25, 0.3) is 0 Å². The molecule has 1 fully saturated rings. The van der Waals surface area contributed by atoms with Crippen molar-refractivity contribution < 1.29 is 14.3 Å². The van der Waals surface area contributed by atoms with E-state index in [4.69, 9.17) is 4.74 Å². The highest BCUT2D eigenvalue weighted by atomic mass is 16.5. The summed E-state index contributed by atoms with van der Waals surface area (Å²) in [5, 5.41) is 2.99. The van der Waals surface area contributed by atoms with E-state index >= 15 is 0 Å².